The molecule has 4 N–H and O–H groups in total. The summed E-state index contributed by atoms with van der Waals surface area (Å²) in [5, 5.41) is 11.6. The van der Waals surface area contributed by atoms with Gasteiger partial charge in [0.25, 0.3) is 23.6 Å². The predicted molar refractivity (Wildman–Crippen MR) is 220 cm³/mol. The molecule has 1 aromatic carbocycles. The molecule has 20 heteroatoms. The summed E-state index contributed by atoms with van der Waals surface area (Å²) in [6.45, 7) is 6.13. The zero-order chi connectivity index (χ0) is 43.2. The van der Waals surface area contributed by atoms with Crippen molar-refractivity contribution in [1.29, 1.82) is 0 Å². The van der Waals surface area contributed by atoms with Gasteiger partial charge in [-0.3, -0.25) is 39.0 Å². The van der Waals surface area contributed by atoms with Crippen molar-refractivity contribution in [2.75, 3.05) is 64.5 Å². The van der Waals surface area contributed by atoms with Crippen LogP contribution < -0.4 is 26.0 Å². The van der Waals surface area contributed by atoms with Crippen molar-refractivity contribution in [2.45, 2.75) is 69.6 Å². The molecule has 3 aromatic heterocycles. The van der Waals surface area contributed by atoms with Crippen LogP contribution in [0.5, 0.6) is 5.75 Å². The number of imidazole rings is 1. The lowest BCUT2D eigenvalue weighted by molar-refractivity contribution is -0.136. The van der Waals surface area contributed by atoms with Crippen LogP contribution in [0.2, 0.25) is 0 Å². The Morgan fingerprint density at radius 2 is 1.68 bits per heavy atom. The summed E-state index contributed by atoms with van der Waals surface area (Å²) in [6.07, 6.45) is 6.96. The molecule has 4 aromatic rings. The smallest absolute Gasteiger partial charge is 0.270 e. The number of hydrogen-bond acceptors (Lipinski definition) is 15. The van der Waals surface area contributed by atoms with Crippen LogP contribution >= 0.6 is 0 Å². The van der Waals surface area contributed by atoms with Crippen molar-refractivity contribution in [3.8, 4) is 5.75 Å². The first-order valence-electron chi connectivity index (χ1n) is 20.9. The highest BCUT2D eigenvalue weighted by atomic mass is 16.5. The Morgan fingerprint density at radius 1 is 0.887 bits per heavy atom. The van der Waals surface area contributed by atoms with E-state index in [0.29, 0.717) is 25.5 Å². The summed E-state index contributed by atoms with van der Waals surface area (Å²) < 4.78 is 19.0. The van der Waals surface area contributed by atoms with E-state index >= 15 is 0 Å². The summed E-state index contributed by atoms with van der Waals surface area (Å²) in [5.41, 5.74) is 2.96. The van der Waals surface area contributed by atoms with Crippen molar-refractivity contribution < 1.29 is 43.0 Å². The number of fused-ring (bicyclic) bond motifs is 2. The largest absolute Gasteiger partial charge is 0.484 e. The van der Waals surface area contributed by atoms with Gasteiger partial charge in [0, 0.05) is 56.4 Å². The minimum Gasteiger partial charge on any atom is -0.484 e. The van der Waals surface area contributed by atoms with Gasteiger partial charge in [-0.1, -0.05) is 6.07 Å². The SMILES string of the molecule is Cc1cccc(C(=O)NC2CC(n3cnc4c(NC5CCN(CCOCCOCCNC(=O)COc6ccc7c(c6)C(=O)N(C6CCC(=O)NC6=O)C7=O)CC5)ncnc43)C2)n1. The fourth-order valence-electron chi connectivity index (χ4n) is 8.10. The Balaban J connectivity index is 0.661. The Labute approximate surface area is 356 Å². The molecule has 3 fully saturated rings. The highest BCUT2D eigenvalue weighted by Crippen LogP contribution is 2.35. The van der Waals surface area contributed by atoms with Crippen LogP contribution in [0, 0.1) is 6.92 Å². The molecule has 1 unspecified atom stereocenters. The molecule has 20 nitrogen and oxygen atoms in total. The highest BCUT2D eigenvalue weighted by Gasteiger charge is 2.45. The third kappa shape index (κ3) is 9.72. The Hall–Kier alpha value is -6.38. The van der Waals surface area contributed by atoms with Gasteiger partial charge in [-0.05, 0) is 69.4 Å². The van der Waals surface area contributed by atoms with Crippen molar-refractivity contribution in [1.82, 2.24) is 50.3 Å². The van der Waals surface area contributed by atoms with Crippen LogP contribution in [0.25, 0.3) is 11.2 Å². The minimum atomic E-state index is -1.06. The quantitative estimate of drug-likeness (QED) is 0.0812. The van der Waals surface area contributed by atoms with Crippen LogP contribution in [-0.4, -0.2) is 147 Å². The standard InChI is InChI=1S/C42H49N11O9/c1-25-3-2-4-32(47-25)39(56)49-27-19-28(20-27)52-24-46-36-37(44-23-45-38(36)52)48-26-9-12-51(13-10-26)14-16-61-18-17-60-15-11-43-35(55)22-62-29-5-6-30-31(21-29)42(59)53(41(30)58)33-7-8-34(54)50-40(33)57/h2-6,21,23-24,26-28,33H,7-20,22H2,1H3,(H,43,55)(H,49,56)(H,44,45,48)(H,50,54,57). The fraction of sp³-hybridized carbons (Fsp3) is 0.476. The maximum absolute atomic E-state index is 13.0. The number of anilines is 1. The summed E-state index contributed by atoms with van der Waals surface area (Å²) in [4.78, 5) is 95.9. The van der Waals surface area contributed by atoms with Crippen molar-refractivity contribution in [3.05, 3.63) is 71.6 Å². The van der Waals surface area contributed by atoms with Gasteiger partial charge in [0.15, 0.2) is 18.1 Å². The summed E-state index contributed by atoms with van der Waals surface area (Å²) >= 11 is 0. The summed E-state index contributed by atoms with van der Waals surface area (Å²) in [6, 6.07) is 9.15. The second kappa shape index (κ2) is 19.1. The third-order valence-electron chi connectivity index (χ3n) is 11.5. The van der Waals surface area contributed by atoms with E-state index < -0.39 is 35.6 Å². The van der Waals surface area contributed by atoms with E-state index in [9.17, 15) is 28.8 Å². The monoisotopic (exact) mass is 851 g/mol. The van der Waals surface area contributed by atoms with Crippen molar-refractivity contribution in [3.63, 3.8) is 0 Å². The van der Waals surface area contributed by atoms with Gasteiger partial charge < -0.3 is 39.6 Å². The van der Waals surface area contributed by atoms with E-state index in [0.717, 1.165) is 72.9 Å². The Morgan fingerprint density at radius 3 is 2.47 bits per heavy atom. The Kier molecular flexibility index (Phi) is 13.1. The number of nitrogens with zero attached hydrogens (tertiary/aromatic N) is 7. The van der Waals surface area contributed by atoms with Gasteiger partial charge in [0.2, 0.25) is 11.8 Å². The van der Waals surface area contributed by atoms with E-state index in [4.69, 9.17) is 14.2 Å². The molecule has 8 rings (SSSR count). The fourth-order valence-corrected chi connectivity index (χ4v) is 8.10. The summed E-state index contributed by atoms with van der Waals surface area (Å²) in [7, 11) is 0. The van der Waals surface area contributed by atoms with E-state index in [1.165, 1.54) is 18.2 Å². The number of benzene rings is 1. The van der Waals surface area contributed by atoms with Gasteiger partial charge in [0.1, 0.15) is 29.3 Å². The molecule has 1 aliphatic carbocycles. The molecule has 0 radical (unpaired) electrons. The van der Waals surface area contributed by atoms with Gasteiger partial charge in [-0.25, -0.2) is 19.9 Å². The van der Waals surface area contributed by atoms with Gasteiger partial charge in [0.05, 0.1) is 43.9 Å². The van der Waals surface area contributed by atoms with Crippen LogP contribution in [0.4, 0.5) is 5.82 Å². The first-order valence-corrected chi connectivity index (χ1v) is 20.9. The number of nitrogens with one attached hydrogen (secondary N) is 4. The first-order chi connectivity index (χ1) is 30.1. The van der Waals surface area contributed by atoms with Crippen LogP contribution in [0.3, 0.4) is 0 Å². The lowest BCUT2D eigenvalue weighted by Crippen LogP contribution is -2.54. The second-order valence-electron chi connectivity index (χ2n) is 15.8. The Bertz CT molecular complexity index is 2340. The number of piperidine rings is 2. The lowest BCUT2D eigenvalue weighted by atomic mass is 9.86. The van der Waals surface area contributed by atoms with Crippen molar-refractivity contribution >= 4 is 52.4 Å². The number of pyridine rings is 1. The molecule has 6 heterocycles. The first kappa shape index (κ1) is 42.3. The zero-order valence-electron chi connectivity index (χ0n) is 34.3. The van der Waals surface area contributed by atoms with Crippen molar-refractivity contribution in [2.24, 2.45) is 0 Å². The second-order valence-corrected chi connectivity index (χ2v) is 15.8. The molecule has 62 heavy (non-hydrogen) atoms. The topological polar surface area (TPSA) is 241 Å². The molecule has 1 atom stereocenters. The zero-order valence-corrected chi connectivity index (χ0v) is 34.3. The molecule has 2 saturated heterocycles. The molecule has 6 amide bonds. The average Bonchev–Trinajstić information content (AvgIpc) is 3.79. The molecular formula is C42H49N11O9. The number of aryl methyl sites for hydroxylation is 1. The van der Waals surface area contributed by atoms with Crippen LogP contribution in [0.15, 0.2) is 49.1 Å². The number of aromatic nitrogens is 5. The molecular weight excluding hydrogens is 803 g/mol. The molecule has 1 saturated carbocycles. The molecule has 3 aliphatic heterocycles. The predicted octanol–water partition coefficient (Wildman–Crippen LogP) is 1.17. The highest BCUT2D eigenvalue weighted by molar-refractivity contribution is 6.23. The van der Waals surface area contributed by atoms with Gasteiger partial charge in [-0.15, -0.1) is 0 Å². The summed E-state index contributed by atoms with van der Waals surface area (Å²) in [5.74, 6) is -2.01. The minimum absolute atomic E-state index is 0.0289. The number of hydrogen-bond donors (Lipinski definition) is 4. The maximum Gasteiger partial charge on any atom is 0.270 e. The average molecular weight is 852 g/mol. The molecule has 4 aliphatic rings. The van der Waals surface area contributed by atoms with Crippen LogP contribution in [-0.2, 0) is 23.9 Å². The molecule has 0 spiro atoms. The number of likely N-dealkylation sites (tertiary alicyclic amines) is 1. The van der Waals surface area contributed by atoms with E-state index in [1.54, 1.807) is 12.4 Å². The number of ether oxygens (including phenoxy) is 3. The van der Waals surface area contributed by atoms with Gasteiger partial charge >= 0.3 is 0 Å². The third-order valence-corrected chi connectivity index (χ3v) is 11.5. The van der Waals surface area contributed by atoms with E-state index in [-0.39, 0.29) is 73.5 Å². The number of rotatable bonds is 18. The number of amides is 6. The molecule has 0 bridgehead atoms. The molecule has 326 valence electrons. The lowest BCUT2D eigenvalue weighted by Gasteiger charge is -2.36. The van der Waals surface area contributed by atoms with Crippen LogP contribution in [0.1, 0.15) is 81.5 Å². The number of imide groups is 2. The van der Waals surface area contributed by atoms with E-state index in [1.807, 2.05) is 25.4 Å². The number of carbonyl (C=O) groups excluding carboxylic acids is 6. The maximum atomic E-state index is 13.0. The van der Waals surface area contributed by atoms with Gasteiger partial charge in [-0.2, -0.15) is 0 Å². The number of carbonyl (C=O) groups is 6. The normalized spacial score (nSPS) is 20.5. The van der Waals surface area contributed by atoms with E-state index in [2.05, 4.69) is 50.7 Å².